The Morgan fingerprint density at radius 1 is 1.37 bits per heavy atom. The largest absolute Gasteiger partial charge is 0.348 e. The van der Waals surface area contributed by atoms with Crippen LogP contribution in [0.3, 0.4) is 0 Å². The number of hydrogen-bond acceptors (Lipinski definition) is 2. The smallest absolute Gasteiger partial charge is 0.268 e. The van der Waals surface area contributed by atoms with Crippen molar-refractivity contribution in [2.75, 3.05) is 0 Å². The first-order chi connectivity index (χ1) is 9.13. The van der Waals surface area contributed by atoms with Gasteiger partial charge in [0.1, 0.15) is 5.69 Å². The molecular weight excluding hydrogens is 240 g/mol. The summed E-state index contributed by atoms with van der Waals surface area (Å²) in [5, 5.41) is 3.04. The van der Waals surface area contributed by atoms with Crippen molar-refractivity contribution in [3.63, 3.8) is 0 Å². The number of hydrogen-bond donors (Lipinski definition) is 2. The number of aromatic nitrogens is 1. The molecule has 0 aromatic carbocycles. The van der Waals surface area contributed by atoms with Gasteiger partial charge in [0, 0.05) is 12.1 Å². The van der Waals surface area contributed by atoms with Crippen LogP contribution in [0.1, 0.15) is 43.1 Å². The summed E-state index contributed by atoms with van der Waals surface area (Å²) in [6.45, 7) is 2.09. The maximum absolute atomic E-state index is 12.1. The van der Waals surface area contributed by atoms with Crippen molar-refractivity contribution < 1.29 is 4.79 Å². The number of nitrogens with one attached hydrogen (secondary N) is 2. The fourth-order valence-electron chi connectivity index (χ4n) is 3.88. The number of pyridine rings is 1. The number of amides is 1. The van der Waals surface area contributed by atoms with Gasteiger partial charge in [-0.05, 0) is 50.0 Å². The Kier molecular flexibility index (Phi) is 3.17. The van der Waals surface area contributed by atoms with Crippen molar-refractivity contribution in [2.24, 2.45) is 17.8 Å². The second-order valence-electron chi connectivity index (χ2n) is 6.03. The zero-order valence-electron chi connectivity index (χ0n) is 11.2. The van der Waals surface area contributed by atoms with Gasteiger partial charge in [-0.2, -0.15) is 0 Å². The standard InChI is InChI=1S/C15H20N2O2/c1-9(12-8-10-5-6-11(12)7-10)16-15(19)13-3-2-4-14(18)17-13/h2-4,9-12H,5-8H2,1H3,(H,16,19)(H,17,18). The predicted octanol–water partition coefficient (Wildman–Crippen LogP) is 1.93. The molecule has 2 bridgehead atoms. The van der Waals surface area contributed by atoms with E-state index in [1.807, 2.05) is 0 Å². The minimum atomic E-state index is -0.236. The van der Waals surface area contributed by atoms with E-state index in [1.54, 1.807) is 12.1 Å². The van der Waals surface area contributed by atoms with E-state index >= 15 is 0 Å². The quantitative estimate of drug-likeness (QED) is 0.872. The maximum Gasteiger partial charge on any atom is 0.268 e. The van der Waals surface area contributed by atoms with Crippen LogP contribution < -0.4 is 10.9 Å². The third-order valence-corrected chi connectivity index (χ3v) is 4.81. The summed E-state index contributed by atoms with van der Waals surface area (Å²) in [6.07, 6.45) is 5.27. The van der Waals surface area contributed by atoms with Crippen LogP contribution in [0, 0.1) is 17.8 Å². The van der Waals surface area contributed by atoms with Crippen molar-refractivity contribution in [3.8, 4) is 0 Å². The highest BCUT2D eigenvalue weighted by Crippen LogP contribution is 2.49. The van der Waals surface area contributed by atoms with Gasteiger partial charge in [-0.1, -0.05) is 12.5 Å². The molecule has 4 atom stereocenters. The molecule has 2 saturated carbocycles. The number of carbonyl (C=O) groups is 1. The van der Waals surface area contributed by atoms with Crippen molar-refractivity contribution in [3.05, 3.63) is 34.2 Å². The van der Waals surface area contributed by atoms with Crippen molar-refractivity contribution in [1.82, 2.24) is 10.3 Å². The second-order valence-corrected chi connectivity index (χ2v) is 6.03. The van der Waals surface area contributed by atoms with Crippen molar-refractivity contribution in [1.29, 1.82) is 0 Å². The molecular formula is C15H20N2O2. The molecule has 102 valence electrons. The van der Waals surface area contributed by atoms with Gasteiger partial charge in [0.15, 0.2) is 0 Å². The van der Waals surface area contributed by atoms with Gasteiger partial charge >= 0.3 is 0 Å². The van der Waals surface area contributed by atoms with Gasteiger partial charge in [0.05, 0.1) is 0 Å². The third-order valence-electron chi connectivity index (χ3n) is 4.81. The zero-order chi connectivity index (χ0) is 13.4. The van der Waals surface area contributed by atoms with Crippen LogP contribution >= 0.6 is 0 Å². The highest BCUT2D eigenvalue weighted by molar-refractivity contribution is 5.92. The van der Waals surface area contributed by atoms with E-state index in [0.717, 1.165) is 11.8 Å². The topological polar surface area (TPSA) is 62.0 Å². The monoisotopic (exact) mass is 260 g/mol. The van der Waals surface area contributed by atoms with Crippen molar-refractivity contribution >= 4 is 5.91 Å². The molecule has 2 fully saturated rings. The fourth-order valence-corrected chi connectivity index (χ4v) is 3.88. The van der Waals surface area contributed by atoms with E-state index in [4.69, 9.17) is 0 Å². The van der Waals surface area contributed by atoms with E-state index < -0.39 is 0 Å². The predicted molar refractivity (Wildman–Crippen MR) is 72.9 cm³/mol. The first-order valence-electron chi connectivity index (χ1n) is 7.13. The molecule has 4 heteroatoms. The Bertz CT molecular complexity index is 537. The molecule has 2 N–H and O–H groups in total. The van der Waals surface area contributed by atoms with Gasteiger partial charge in [-0.3, -0.25) is 9.59 Å². The lowest BCUT2D eigenvalue weighted by atomic mass is 9.84. The van der Waals surface area contributed by atoms with E-state index in [-0.39, 0.29) is 17.5 Å². The summed E-state index contributed by atoms with van der Waals surface area (Å²) in [5.74, 6) is 2.10. The van der Waals surface area contributed by atoms with Gasteiger partial charge in [-0.25, -0.2) is 0 Å². The van der Waals surface area contributed by atoms with Gasteiger partial charge in [-0.15, -0.1) is 0 Å². The molecule has 19 heavy (non-hydrogen) atoms. The molecule has 0 radical (unpaired) electrons. The maximum atomic E-state index is 12.1. The van der Waals surface area contributed by atoms with E-state index in [0.29, 0.717) is 11.6 Å². The molecule has 1 amide bonds. The first-order valence-corrected chi connectivity index (χ1v) is 7.13. The zero-order valence-corrected chi connectivity index (χ0v) is 11.2. The fraction of sp³-hybridized carbons (Fsp3) is 0.600. The van der Waals surface area contributed by atoms with Crippen LogP contribution in [-0.2, 0) is 0 Å². The van der Waals surface area contributed by atoms with Gasteiger partial charge in [0.25, 0.3) is 5.91 Å². The first kappa shape index (κ1) is 12.5. The minimum absolute atomic E-state index is 0.173. The Morgan fingerprint density at radius 2 is 2.21 bits per heavy atom. The molecule has 0 saturated heterocycles. The summed E-state index contributed by atoms with van der Waals surface area (Å²) < 4.78 is 0. The number of H-pyrrole nitrogens is 1. The third kappa shape index (κ3) is 2.44. The molecule has 4 nitrogen and oxygen atoms in total. The van der Waals surface area contributed by atoms with Crippen LogP contribution in [0.4, 0.5) is 0 Å². The van der Waals surface area contributed by atoms with Gasteiger partial charge < -0.3 is 10.3 Å². The molecule has 2 aliphatic rings. The highest BCUT2D eigenvalue weighted by Gasteiger charge is 2.42. The molecule has 4 unspecified atom stereocenters. The Morgan fingerprint density at radius 3 is 2.84 bits per heavy atom. The molecule has 1 aromatic heterocycles. The molecule has 1 aromatic rings. The Labute approximate surface area is 112 Å². The lowest BCUT2D eigenvalue weighted by Gasteiger charge is -2.28. The number of fused-ring (bicyclic) bond motifs is 2. The lowest BCUT2D eigenvalue weighted by molar-refractivity contribution is 0.0910. The Balaban J connectivity index is 1.65. The highest BCUT2D eigenvalue weighted by atomic mass is 16.2. The van der Waals surface area contributed by atoms with Crippen LogP contribution in [0.5, 0.6) is 0 Å². The van der Waals surface area contributed by atoms with Gasteiger partial charge in [0.2, 0.25) is 5.56 Å². The molecule has 1 heterocycles. The molecule has 0 aliphatic heterocycles. The summed E-state index contributed by atoms with van der Waals surface area (Å²) in [6, 6.07) is 4.85. The average molecular weight is 260 g/mol. The molecule has 3 rings (SSSR count). The van der Waals surface area contributed by atoms with E-state index in [2.05, 4.69) is 17.2 Å². The summed E-state index contributed by atoms with van der Waals surface area (Å²) in [7, 11) is 0. The second kappa shape index (κ2) is 4.83. The normalized spacial score (nSPS) is 30.3. The van der Waals surface area contributed by atoms with E-state index in [1.165, 1.54) is 31.7 Å². The van der Waals surface area contributed by atoms with Crippen LogP contribution in [0.2, 0.25) is 0 Å². The number of rotatable bonds is 3. The Hall–Kier alpha value is -1.58. The number of carbonyl (C=O) groups excluding carboxylic acids is 1. The van der Waals surface area contributed by atoms with Crippen LogP contribution in [0.25, 0.3) is 0 Å². The van der Waals surface area contributed by atoms with Crippen LogP contribution in [-0.4, -0.2) is 16.9 Å². The van der Waals surface area contributed by atoms with E-state index in [9.17, 15) is 9.59 Å². The lowest BCUT2D eigenvalue weighted by Crippen LogP contribution is -2.40. The SMILES string of the molecule is CC(NC(=O)c1cccc(=O)[nH]1)C1CC2CCC1C2. The van der Waals surface area contributed by atoms with Crippen LogP contribution in [0.15, 0.2) is 23.0 Å². The molecule has 2 aliphatic carbocycles. The summed E-state index contributed by atoms with van der Waals surface area (Å²) >= 11 is 0. The summed E-state index contributed by atoms with van der Waals surface area (Å²) in [5.41, 5.74) is 0.114. The van der Waals surface area contributed by atoms with Crippen molar-refractivity contribution in [2.45, 2.75) is 38.6 Å². The average Bonchev–Trinajstić information content (AvgIpc) is 3.00. The molecule has 0 spiro atoms. The minimum Gasteiger partial charge on any atom is -0.348 e. The summed E-state index contributed by atoms with van der Waals surface area (Å²) in [4.78, 5) is 25.9. The number of aromatic amines is 1.